The Morgan fingerprint density at radius 2 is 2.60 bits per heavy atom. The number of nitrogens with one attached hydrogen (secondary N) is 1. The van der Waals surface area contributed by atoms with E-state index in [4.69, 9.17) is 10.3 Å². The van der Waals surface area contributed by atoms with Gasteiger partial charge in [0.05, 0.1) is 7.11 Å². The van der Waals surface area contributed by atoms with Crippen LogP contribution in [0.2, 0.25) is 0 Å². The Balaban J connectivity index is 2.50. The fourth-order valence-electron chi connectivity index (χ4n) is 1.52. The summed E-state index contributed by atoms with van der Waals surface area (Å²) in [5.41, 5.74) is 7.53. The Hall–Kier alpha value is -0.910. The van der Waals surface area contributed by atoms with E-state index >= 15 is 0 Å². The van der Waals surface area contributed by atoms with Crippen molar-refractivity contribution >= 4 is 17.7 Å². The topological polar surface area (TPSA) is 87.1 Å². The summed E-state index contributed by atoms with van der Waals surface area (Å²) in [7, 11) is 1.39. The second-order valence-corrected chi connectivity index (χ2v) is 4.36. The minimum absolute atomic E-state index is 0.228. The van der Waals surface area contributed by atoms with Gasteiger partial charge in [0.15, 0.2) is 0 Å². The van der Waals surface area contributed by atoms with Gasteiger partial charge in [-0.15, -0.1) is 0 Å². The molecule has 15 heavy (non-hydrogen) atoms. The van der Waals surface area contributed by atoms with Crippen LogP contribution in [-0.4, -0.2) is 43.2 Å². The van der Waals surface area contributed by atoms with Crippen molar-refractivity contribution in [1.82, 2.24) is 5.32 Å². The van der Waals surface area contributed by atoms with Crippen LogP contribution >= 0.6 is 11.8 Å². The summed E-state index contributed by atoms with van der Waals surface area (Å²) >= 11 is 1.72. The van der Waals surface area contributed by atoms with Gasteiger partial charge in [0.25, 0.3) is 0 Å². The van der Waals surface area contributed by atoms with Crippen molar-refractivity contribution in [1.29, 1.82) is 0 Å². The Bertz CT molecular complexity index is 272. The Labute approximate surface area is 92.4 Å². The van der Waals surface area contributed by atoms with E-state index in [1.54, 1.807) is 11.8 Å². The fourth-order valence-corrected chi connectivity index (χ4v) is 2.87. The molecule has 0 amide bonds. The maximum Gasteiger partial charge on any atom is 0.326 e. The first-order chi connectivity index (χ1) is 7.25. The van der Waals surface area contributed by atoms with Crippen molar-refractivity contribution in [2.45, 2.75) is 12.0 Å². The highest BCUT2D eigenvalue weighted by Crippen LogP contribution is 2.28. The zero-order valence-electron chi connectivity index (χ0n) is 8.60. The van der Waals surface area contributed by atoms with Crippen LogP contribution < -0.4 is 5.32 Å². The SMILES string of the molecule is COC(=O)C1(NCCN=[N+]=[N-])CCSC1. The number of hydrogen-bond donors (Lipinski definition) is 1. The van der Waals surface area contributed by atoms with E-state index in [1.807, 2.05) is 0 Å². The van der Waals surface area contributed by atoms with Crippen LogP contribution in [0.1, 0.15) is 6.42 Å². The second kappa shape index (κ2) is 5.85. The molecule has 0 spiro atoms. The van der Waals surface area contributed by atoms with Crippen molar-refractivity contribution in [2.75, 3.05) is 31.7 Å². The zero-order chi connectivity index (χ0) is 11.1. The smallest absolute Gasteiger partial charge is 0.326 e. The van der Waals surface area contributed by atoms with Gasteiger partial charge >= 0.3 is 5.97 Å². The summed E-state index contributed by atoms with van der Waals surface area (Å²) in [4.78, 5) is 14.2. The van der Waals surface area contributed by atoms with E-state index in [9.17, 15) is 4.79 Å². The van der Waals surface area contributed by atoms with Crippen LogP contribution in [0.5, 0.6) is 0 Å². The summed E-state index contributed by atoms with van der Waals surface area (Å²) in [5.74, 6) is 1.44. The number of hydrogen-bond acceptors (Lipinski definition) is 5. The lowest BCUT2D eigenvalue weighted by atomic mass is 9.99. The maximum atomic E-state index is 11.6. The second-order valence-electron chi connectivity index (χ2n) is 3.26. The molecule has 0 radical (unpaired) electrons. The largest absolute Gasteiger partial charge is 0.468 e. The number of rotatable bonds is 5. The number of thioether (sulfide) groups is 1. The quantitative estimate of drug-likeness (QED) is 0.250. The van der Waals surface area contributed by atoms with Gasteiger partial charge in [-0.05, 0) is 17.7 Å². The summed E-state index contributed by atoms with van der Waals surface area (Å²) in [5, 5.41) is 6.53. The lowest BCUT2D eigenvalue weighted by Crippen LogP contribution is -2.53. The molecule has 1 aliphatic rings. The minimum Gasteiger partial charge on any atom is -0.468 e. The molecule has 0 aromatic carbocycles. The van der Waals surface area contributed by atoms with Gasteiger partial charge in [-0.1, -0.05) is 5.11 Å². The Morgan fingerprint density at radius 1 is 1.80 bits per heavy atom. The van der Waals surface area contributed by atoms with Crippen LogP contribution in [0, 0.1) is 0 Å². The van der Waals surface area contributed by atoms with Gasteiger partial charge in [-0.2, -0.15) is 11.8 Å². The molecule has 1 heterocycles. The molecular weight excluding hydrogens is 216 g/mol. The molecule has 1 N–H and O–H groups in total. The third-order valence-corrected chi connectivity index (χ3v) is 3.53. The number of carbonyl (C=O) groups is 1. The van der Waals surface area contributed by atoms with E-state index in [2.05, 4.69) is 15.3 Å². The van der Waals surface area contributed by atoms with E-state index in [-0.39, 0.29) is 5.97 Å². The first-order valence-corrected chi connectivity index (χ1v) is 5.83. The van der Waals surface area contributed by atoms with Gasteiger partial charge in [0.2, 0.25) is 0 Å². The van der Waals surface area contributed by atoms with E-state index in [1.165, 1.54) is 7.11 Å². The van der Waals surface area contributed by atoms with Crippen molar-refractivity contribution in [3.8, 4) is 0 Å². The van der Waals surface area contributed by atoms with Gasteiger partial charge in [-0.25, -0.2) is 0 Å². The highest BCUT2D eigenvalue weighted by molar-refractivity contribution is 7.99. The van der Waals surface area contributed by atoms with Gasteiger partial charge in [-0.3, -0.25) is 4.79 Å². The van der Waals surface area contributed by atoms with E-state index in [0.717, 1.165) is 17.9 Å². The van der Waals surface area contributed by atoms with Crippen molar-refractivity contribution in [2.24, 2.45) is 5.11 Å². The van der Waals surface area contributed by atoms with Crippen LogP contribution in [0.25, 0.3) is 10.4 Å². The molecule has 0 aromatic rings. The molecule has 1 saturated heterocycles. The molecule has 0 aliphatic carbocycles. The molecule has 1 unspecified atom stereocenters. The van der Waals surface area contributed by atoms with E-state index in [0.29, 0.717) is 13.1 Å². The number of nitrogens with zero attached hydrogens (tertiary/aromatic N) is 3. The standard InChI is InChI=1S/C8H14N4O2S/c1-14-7(13)8(2-5-15-6-8)10-3-4-11-12-9/h10H,2-6H2,1H3. The summed E-state index contributed by atoms with van der Waals surface area (Å²) in [6, 6.07) is 0. The third-order valence-electron chi connectivity index (χ3n) is 2.34. The predicted molar refractivity (Wildman–Crippen MR) is 58.7 cm³/mol. The van der Waals surface area contributed by atoms with Crippen LogP contribution in [0.3, 0.4) is 0 Å². The monoisotopic (exact) mass is 230 g/mol. The molecule has 0 bridgehead atoms. The minimum atomic E-state index is -0.579. The summed E-state index contributed by atoms with van der Waals surface area (Å²) in [6.07, 6.45) is 0.764. The number of carbonyl (C=O) groups excluding carboxylic acids is 1. The predicted octanol–water partition coefficient (Wildman–Crippen LogP) is 0.935. The third kappa shape index (κ3) is 3.02. The van der Waals surface area contributed by atoms with E-state index < -0.39 is 5.54 Å². The van der Waals surface area contributed by atoms with Crippen molar-refractivity contribution in [3.05, 3.63) is 10.4 Å². The number of ether oxygens (including phenoxy) is 1. The molecule has 6 nitrogen and oxygen atoms in total. The lowest BCUT2D eigenvalue weighted by Gasteiger charge is -2.26. The highest BCUT2D eigenvalue weighted by Gasteiger charge is 2.42. The van der Waals surface area contributed by atoms with Crippen molar-refractivity contribution < 1.29 is 9.53 Å². The zero-order valence-corrected chi connectivity index (χ0v) is 9.42. The van der Waals surface area contributed by atoms with Gasteiger partial charge in [0.1, 0.15) is 5.54 Å². The fraction of sp³-hybridized carbons (Fsp3) is 0.875. The number of methoxy groups -OCH3 is 1. The molecule has 84 valence electrons. The Morgan fingerprint density at radius 3 is 3.13 bits per heavy atom. The average Bonchev–Trinajstić information content (AvgIpc) is 2.73. The lowest BCUT2D eigenvalue weighted by molar-refractivity contribution is -0.147. The van der Waals surface area contributed by atoms with Gasteiger partial charge < -0.3 is 10.1 Å². The van der Waals surface area contributed by atoms with Crippen LogP contribution in [0.15, 0.2) is 5.11 Å². The first-order valence-electron chi connectivity index (χ1n) is 4.67. The highest BCUT2D eigenvalue weighted by atomic mass is 32.2. The maximum absolute atomic E-state index is 11.6. The first kappa shape index (κ1) is 12.2. The van der Waals surface area contributed by atoms with Crippen LogP contribution in [-0.2, 0) is 9.53 Å². The molecule has 1 rings (SSSR count). The molecule has 1 atom stereocenters. The molecule has 7 heteroatoms. The van der Waals surface area contributed by atoms with Crippen molar-refractivity contribution in [3.63, 3.8) is 0 Å². The number of esters is 1. The Kier molecular flexibility index (Phi) is 4.74. The molecule has 1 fully saturated rings. The average molecular weight is 230 g/mol. The molecule has 0 aromatic heterocycles. The number of azide groups is 1. The summed E-state index contributed by atoms with van der Waals surface area (Å²) in [6.45, 7) is 0.847. The summed E-state index contributed by atoms with van der Waals surface area (Å²) < 4.78 is 4.78. The normalized spacial score (nSPS) is 24.6. The van der Waals surface area contributed by atoms with Gasteiger partial charge in [0, 0.05) is 23.8 Å². The molecule has 1 aliphatic heterocycles. The molecular formula is C8H14N4O2S. The van der Waals surface area contributed by atoms with Crippen LogP contribution in [0.4, 0.5) is 0 Å². The molecule has 0 saturated carbocycles.